The average Bonchev–Trinajstić information content (AvgIpc) is 2.85. The van der Waals surface area contributed by atoms with E-state index in [2.05, 4.69) is 5.18 Å². The topological polar surface area (TPSA) is 92.8 Å². The van der Waals surface area contributed by atoms with Gasteiger partial charge < -0.3 is 0 Å². The first-order chi connectivity index (χ1) is 11.0. The molecule has 0 saturated carbocycles. The average molecular weight is 309 g/mol. The normalized spacial score (nSPS) is 17.7. The van der Waals surface area contributed by atoms with Gasteiger partial charge in [0.05, 0.1) is 12.0 Å². The molecular weight excluding hydrogens is 294 g/mol. The number of nitrogens with zero attached hydrogens (tertiary/aromatic N) is 2. The minimum Gasteiger partial charge on any atom is -0.268 e. The summed E-state index contributed by atoms with van der Waals surface area (Å²) in [5.41, 5.74) is 2.98. The highest BCUT2D eigenvalue weighted by Gasteiger charge is 2.35. The zero-order valence-corrected chi connectivity index (χ0v) is 12.5. The molecule has 2 N–H and O–H groups in total. The van der Waals surface area contributed by atoms with Gasteiger partial charge in [0.2, 0.25) is 0 Å². The lowest BCUT2D eigenvalue weighted by molar-refractivity contribution is -0.119. The maximum Gasteiger partial charge on any atom is 0.293 e. The highest BCUT2D eigenvalue weighted by Crippen LogP contribution is 2.36. The fourth-order valence-electron chi connectivity index (χ4n) is 2.87. The Morgan fingerprint density at radius 2 is 1.83 bits per heavy atom. The Hall–Kier alpha value is -2.86. The van der Waals surface area contributed by atoms with Gasteiger partial charge in [0.15, 0.2) is 0 Å². The van der Waals surface area contributed by atoms with Crippen LogP contribution in [0.4, 0.5) is 0 Å². The molecule has 2 aromatic carbocycles. The molecule has 2 amide bonds. The third-order valence-electron chi connectivity index (χ3n) is 4.21. The SMILES string of the molecule is CC(C(=O)N=O)c1ccc(C2c3ccccc3C(=O)N2N)cc1. The number of rotatable bonds is 3. The summed E-state index contributed by atoms with van der Waals surface area (Å²) in [5, 5.41) is 3.66. The summed E-state index contributed by atoms with van der Waals surface area (Å²) in [6, 6.07) is 14.1. The second-order valence-corrected chi connectivity index (χ2v) is 5.52. The van der Waals surface area contributed by atoms with Crippen LogP contribution < -0.4 is 5.84 Å². The van der Waals surface area contributed by atoms with Crippen molar-refractivity contribution < 1.29 is 9.59 Å². The van der Waals surface area contributed by atoms with E-state index in [0.29, 0.717) is 11.1 Å². The van der Waals surface area contributed by atoms with Crippen LogP contribution in [0.2, 0.25) is 0 Å². The van der Waals surface area contributed by atoms with E-state index in [1.54, 1.807) is 31.2 Å². The summed E-state index contributed by atoms with van der Waals surface area (Å²) >= 11 is 0. The number of amides is 2. The van der Waals surface area contributed by atoms with Gasteiger partial charge in [-0.1, -0.05) is 42.5 Å². The fourth-order valence-corrected chi connectivity index (χ4v) is 2.87. The molecule has 6 heteroatoms. The lowest BCUT2D eigenvalue weighted by atomic mass is 9.94. The van der Waals surface area contributed by atoms with E-state index in [1.165, 1.54) is 5.01 Å². The quantitative estimate of drug-likeness (QED) is 0.535. The number of benzene rings is 2. The van der Waals surface area contributed by atoms with Crippen LogP contribution in [0.3, 0.4) is 0 Å². The van der Waals surface area contributed by atoms with Crippen LogP contribution in [0.25, 0.3) is 0 Å². The third kappa shape index (κ3) is 2.43. The molecule has 116 valence electrons. The van der Waals surface area contributed by atoms with Crippen molar-refractivity contribution in [3.63, 3.8) is 0 Å². The number of hydrogen-bond acceptors (Lipinski definition) is 4. The minimum atomic E-state index is -0.709. The van der Waals surface area contributed by atoms with Crippen LogP contribution in [0.1, 0.15) is 45.9 Å². The maximum absolute atomic E-state index is 12.2. The molecule has 2 unspecified atom stereocenters. The zero-order chi connectivity index (χ0) is 16.6. The largest absolute Gasteiger partial charge is 0.293 e. The van der Waals surface area contributed by atoms with Crippen LogP contribution in [0.15, 0.2) is 53.7 Å². The van der Waals surface area contributed by atoms with E-state index in [4.69, 9.17) is 5.84 Å². The molecule has 23 heavy (non-hydrogen) atoms. The number of nitroso groups, excluding NO2 is 1. The lowest BCUT2D eigenvalue weighted by Crippen LogP contribution is -2.35. The van der Waals surface area contributed by atoms with Gasteiger partial charge in [-0.3, -0.25) is 14.6 Å². The Morgan fingerprint density at radius 3 is 2.48 bits per heavy atom. The summed E-state index contributed by atoms with van der Waals surface area (Å²) in [5.74, 6) is 4.43. The molecule has 1 aliphatic heterocycles. The lowest BCUT2D eigenvalue weighted by Gasteiger charge is -2.21. The minimum absolute atomic E-state index is 0.219. The van der Waals surface area contributed by atoms with Crippen molar-refractivity contribution >= 4 is 11.8 Å². The van der Waals surface area contributed by atoms with Gasteiger partial charge in [0.1, 0.15) is 0 Å². The predicted octanol–water partition coefficient (Wildman–Crippen LogP) is 2.50. The van der Waals surface area contributed by atoms with Gasteiger partial charge in [0.25, 0.3) is 11.8 Å². The Bertz CT molecular complexity index is 786. The highest BCUT2D eigenvalue weighted by molar-refractivity contribution is 5.99. The molecule has 6 nitrogen and oxygen atoms in total. The monoisotopic (exact) mass is 309 g/mol. The first-order valence-corrected chi connectivity index (χ1v) is 7.19. The number of hydrogen-bond donors (Lipinski definition) is 1. The van der Waals surface area contributed by atoms with Crippen molar-refractivity contribution in [3.05, 3.63) is 75.7 Å². The summed E-state index contributed by atoms with van der Waals surface area (Å²) in [6.45, 7) is 1.63. The second-order valence-electron chi connectivity index (χ2n) is 5.52. The standard InChI is InChI=1S/C17H15N3O3/c1-10(16(21)19-23)11-6-8-12(9-7-11)15-13-4-2-3-5-14(13)17(22)20(15)18/h2-10,15H,18H2,1H3. The van der Waals surface area contributed by atoms with Crippen LogP contribution in [-0.2, 0) is 4.79 Å². The van der Waals surface area contributed by atoms with Crippen LogP contribution in [0.5, 0.6) is 0 Å². The predicted molar refractivity (Wildman–Crippen MR) is 84.3 cm³/mol. The zero-order valence-electron chi connectivity index (χ0n) is 12.5. The molecule has 2 atom stereocenters. The Balaban J connectivity index is 1.96. The third-order valence-corrected chi connectivity index (χ3v) is 4.21. The Kier molecular flexibility index (Phi) is 3.75. The summed E-state index contributed by atoms with van der Waals surface area (Å²) < 4.78 is 0. The first-order valence-electron chi connectivity index (χ1n) is 7.19. The van der Waals surface area contributed by atoms with E-state index < -0.39 is 11.8 Å². The van der Waals surface area contributed by atoms with Crippen LogP contribution in [-0.4, -0.2) is 16.8 Å². The number of nitrogens with two attached hydrogens (primary N) is 1. The molecule has 0 aliphatic carbocycles. The Morgan fingerprint density at radius 1 is 1.17 bits per heavy atom. The van der Waals surface area contributed by atoms with E-state index >= 15 is 0 Å². The van der Waals surface area contributed by atoms with Gasteiger partial charge in [-0.2, -0.15) is 0 Å². The fraction of sp³-hybridized carbons (Fsp3) is 0.176. The van der Waals surface area contributed by atoms with Gasteiger partial charge in [-0.15, -0.1) is 4.91 Å². The molecule has 0 aromatic heterocycles. The van der Waals surface area contributed by atoms with E-state index in [9.17, 15) is 14.5 Å². The number of fused-ring (bicyclic) bond motifs is 1. The van der Waals surface area contributed by atoms with Crippen molar-refractivity contribution in [2.24, 2.45) is 11.0 Å². The molecule has 0 fully saturated rings. The molecule has 0 saturated heterocycles. The Labute approximate surface area is 132 Å². The molecule has 1 aliphatic rings. The molecule has 0 bridgehead atoms. The van der Waals surface area contributed by atoms with Crippen molar-refractivity contribution in [2.75, 3.05) is 0 Å². The van der Waals surface area contributed by atoms with Crippen molar-refractivity contribution in [1.82, 2.24) is 5.01 Å². The molecule has 3 rings (SSSR count). The highest BCUT2D eigenvalue weighted by atomic mass is 16.3. The first kappa shape index (κ1) is 15.1. The van der Waals surface area contributed by atoms with E-state index in [0.717, 1.165) is 11.1 Å². The van der Waals surface area contributed by atoms with Gasteiger partial charge in [0, 0.05) is 10.7 Å². The second kappa shape index (κ2) is 5.73. The summed E-state index contributed by atoms with van der Waals surface area (Å²) in [4.78, 5) is 33.9. The number of hydrazine groups is 1. The number of carbonyl (C=O) groups is 2. The smallest absolute Gasteiger partial charge is 0.268 e. The van der Waals surface area contributed by atoms with Gasteiger partial charge >= 0.3 is 0 Å². The van der Waals surface area contributed by atoms with E-state index in [1.807, 2.05) is 24.3 Å². The molecule has 0 spiro atoms. The van der Waals surface area contributed by atoms with Gasteiger partial charge in [-0.25, -0.2) is 5.84 Å². The molecule has 1 heterocycles. The number of carbonyl (C=O) groups excluding carboxylic acids is 2. The van der Waals surface area contributed by atoms with Crippen molar-refractivity contribution in [2.45, 2.75) is 18.9 Å². The van der Waals surface area contributed by atoms with Crippen LogP contribution in [0, 0.1) is 4.91 Å². The maximum atomic E-state index is 12.2. The summed E-state index contributed by atoms with van der Waals surface area (Å²) in [6.07, 6.45) is 0. The van der Waals surface area contributed by atoms with Crippen molar-refractivity contribution in [1.29, 1.82) is 0 Å². The molecule has 2 aromatic rings. The van der Waals surface area contributed by atoms with Crippen LogP contribution >= 0.6 is 0 Å². The molecule has 0 radical (unpaired) electrons. The van der Waals surface area contributed by atoms with Gasteiger partial charge in [-0.05, 0) is 29.7 Å². The van der Waals surface area contributed by atoms with Crippen molar-refractivity contribution in [3.8, 4) is 0 Å². The van der Waals surface area contributed by atoms with E-state index in [-0.39, 0.29) is 11.9 Å². The molecular formula is C17H15N3O3. The summed E-state index contributed by atoms with van der Waals surface area (Å²) in [7, 11) is 0.